The molecule has 75 valence electrons. The van der Waals surface area contributed by atoms with Gasteiger partial charge in [-0.25, -0.2) is 0 Å². The van der Waals surface area contributed by atoms with Crippen LogP contribution in [0.3, 0.4) is 0 Å². The summed E-state index contributed by atoms with van der Waals surface area (Å²) in [5.74, 6) is 0. The van der Waals surface area contributed by atoms with E-state index in [0.29, 0.717) is 0 Å². The average molecular weight is 196 g/mol. The van der Waals surface area contributed by atoms with Gasteiger partial charge in [0.05, 0.1) is 0 Å². The zero-order valence-electron chi connectivity index (χ0n) is 8.56. The zero-order chi connectivity index (χ0) is 10.5. The summed E-state index contributed by atoms with van der Waals surface area (Å²) in [6.07, 6.45) is 3.17. The highest BCUT2D eigenvalue weighted by molar-refractivity contribution is 5.41. The summed E-state index contributed by atoms with van der Waals surface area (Å²) < 4.78 is 0. The fourth-order valence-electron chi connectivity index (χ4n) is 1.48. The summed E-state index contributed by atoms with van der Waals surface area (Å²) >= 11 is 0. The van der Waals surface area contributed by atoms with Crippen LogP contribution in [-0.4, -0.2) is 0 Å². The van der Waals surface area contributed by atoms with E-state index in [9.17, 15) is 0 Å². The maximum absolute atomic E-state index is 5.62. The maximum Gasteiger partial charge on any atom is 0.0314 e. The first-order valence-electron chi connectivity index (χ1n) is 5.07. The predicted octanol–water partition coefficient (Wildman–Crippen LogP) is 3.06. The molecule has 0 atom stereocenters. The third-order valence-electron chi connectivity index (χ3n) is 2.35. The molecule has 0 aliphatic carbocycles. The van der Waals surface area contributed by atoms with Crippen molar-refractivity contribution in [2.45, 2.75) is 6.42 Å². The molecule has 0 amide bonds. The van der Waals surface area contributed by atoms with E-state index >= 15 is 0 Å². The smallest absolute Gasteiger partial charge is 0.0314 e. The van der Waals surface area contributed by atoms with Gasteiger partial charge in [-0.3, -0.25) is 0 Å². The fraction of sp³-hybridized carbons (Fsp3) is 0.0714. The molecule has 0 heterocycles. The maximum atomic E-state index is 5.62. The first kappa shape index (κ1) is 9.78. The molecule has 0 aromatic heterocycles. The molecule has 2 N–H and O–H groups in total. The monoisotopic (exact) mass is 196 g/mol. The predicted molar refractivity (Wildman–Crippen MR) is 64.4 cm³/mol. The average Bonchev–Trinajstić information content (AvgIpc) is 2.30. The highest BCUT2D eigenvalue weighted by atomic mass is 14.5. The number of hydrogen-bond donors (Lipinski definition) is 1. The first-order valence-corrected chi connectivity index (χ1v) is 5.07. The topological polar surface area (TPSA) is 26.0 Å². The van der Waals surface area contributed by atoms with Crippen LogP contribution in [0.2, 0.25) is 0 Å². The van der Waals surface area contributed by atoms with E-state index in [2.05, 4.69) is 30.7 Å². The van der Waals surface area contributed by atoms with Gasteiger partial charge in [0.1, 0.15) is 0 Å². The molecule has 0 saturated carbocycles. The molecule has 0 bridgehead atoms. The van der Waals surface area contributed by atoms with Crippen molar-refractivity contribution in [3.05, 3.63) is 72.1 Å². The van der Waals surface area contributed by atoms with Gasteiger partial charge in [-0.05, 0) is 36.1 Å². The van der Waals surface area contributed by atoms with Crippen molar-refractivity contribution in [1.82, 2.24) is 0 Å². The lowest BCUT2D eigenvalue weighted by molar-refractivity contribution is 1.17. The van der Waals surface area contributed by atoms with E-state index in [-0.39, 0.29) is 0 Å². The van der Waals surface area contributed by atoms with Crippen LogP contribution in [0.15, 0.2) is 54.6 Å². The molecule has 2 aromatic rings. The van der Waals surface area contributed by atoms with Crippen LogP contribution in [0, 0.1) is 6.42 Å². The molecular weight excluding hydrogens is 182 g/mol. The molecule has 0 spiro atoms. The molecule has 0 aliphatic heterocycles. The summed E-state index contributed by atoms with van der Waals surface area (Å²) in [6.45, 7) is 0. The Morgan fingerprint density at radius 3 is 2.20 bits per heavy atom. The highest BCUT2D eigenvalue weighted by Gasteiger charge is 1.95. The van der Waals surface area contributed by atoms with Crippen LogP contribution in [0.5, 0.6) is 0 Å². The lowest BCUT2D eigenvalue weighted by Crippen LogP contribution is -1.89. The summed E-state index contributed by atoms with van der Waals surface area (Å²) in [6, 6.07) is 18.4. The number of hydrogen-bond acceptors (Lipinski definition) is 1. The Morgan fingerprint density at radius 2 is 1.53 bits per heavy atom. The molecule has 1 nitrogen and oxygen atoms in total. The normalized spacial score (nSPS) is 10.1. The molecule has 0 fully saturated rings. The van der Waals surface area contributed by atoms with Crippen molar-refractivity contribution in [3.63, 3.8) is 0 Å². The summed E-state index contributed by atoms with van der Waals surface area (Å²) in [5.41, 5.74) is 8.98. The quantitative estimate of drug-likeness (QED) is 0.750. The first-order chi connectivity index (χ1) is 7.34. The summed E-state index contributed by atoms with van der Waals surface area (Å²) in [5, 5.41) is 0. The highest BCUT2D eigenvalue weighted by Crippen LogP contribution is 2.11. The zero-order valence-corrected chi connectivity index (χ0v) is 8.56. The van der Waals surface area contributed by atoms with E-state index in [0.717, 1.165) is 12.1 Å². The van der Waals surface area contributed by atoms with Crippen molar-refractivity contribution in [3.8, 4) is 0 Å². The van der Waals surface area contributed by atoms with Gasteiger partial charge < -0.3 is 5.73 Å². The Hall–Kier alpha value is -1.76. The lowest BCUT2D eigenvalue weighted by Gasteiger charge is -2.01. The van der Waals surface area contributed by atoms with Gasteiger partial charge >= 0.3 is 0 Å². The SMILES string of the molecule is Nc1ccc([CH]Cc2ccccc2)cc1. The van der Waals surface area contributed by atoms with Gasteiger partial charge in [0.15, 0.2) is 0 Å². The third-order valence-corrected chi connectivity index (χ3v) is 2.35. The standard InChI is InChI=1S/C14H14N/c15-14-10-8-13(9-11-14)7-6-12-4-2-1-3-5-12/h1-5,7-11H,6,15H2. The van der Waals surface area contributed by atoms with Crippen molar-refractivity contribution in [2.24, 2.45) is 0 Å². The van der Waals surface area contributed by atoms with Gasteiger partial charge in [0.25, 0.3) is 0 Å². The molecular formula is C14H14N. The Labute approximate surface area is 90.6 Å². The molecule has 2 rings (SSSR count). The second-order valence-corrected chi connectivity index (χ2v) is 3.56. The minimum Gasteiger partial charge on any atom is -0.399 e. The second-order valence-electron chi connectivity index (χ2n) is 3.56. The van der Waals surface area contributed by atoms with Crippen LogP contribution in [0.1, 0.15) is 11.1 Å². The molecule has 0 saturated heterocycles. The second kappa shape index (κ2) is 4.65. The van der Waals surface area contributed by atoms with Gasteiger partial charge in [0.2, 0.25) is 0 Å². The molecule has 1 radical (unpaired) electrons. The van der Waals surface area contributed by atoms with E-state index in [4.69, 9.17) is 5.73 Å². The van der Waals surface area contributed by atoms with Crippen LogP contribution < -0.4 is 5.73 Å². The number of rotatable bonds is 3. The number of nitrogens with two attached hydrogens (primary N) is 1. The lowest BCUT2D eigenvalue weighted by atomic mass is 10.0. The van der Waals surface area contributed by atoms with Crippen LogP contribution in [-0.2, 0) is 6.42 Å². The van der Waals surface area contributed by atoms with Crippen LogP contribution in [0.25, 0.3) is 0 Å². The number of nitrogen functional groups attached to an aromatic ring is 1. The largest absolute Gasteiger partial charge is 0.399 e. The number of benzene rings is 2. The van der Waals surface area contributed by atoms with Gasteiger partial charge in [-0.15, -0.1) is 0 Å². The summed E-state index contributed by atoms with van der Waals surface area (Å²) in [7, 11) is 0. The fourth-order valence-corrected chi connectivity index (χ4v) is 1.48. The van der Waals surface area contributed by atoms with E-state index in [1.54, 1.807) is 0 Å². The minimum atomic E-state index is 0.812. The van der Waals surface area contributed by atoms with Crippen molar-refractivity contribution in [2.75, 3.05) is 5.73 Å². The van der Waals surface area contributed by atoms with Crippen molar-refractivity contribution in [1.29, 1.82) is 0 Å². The van der Waals surface area contributed by atoms with E-state index in [1.807, 2.05) is 30.3 Å². The molecule has 15 heavy (non-hydrogen) atoms. The van der Waals surface area contributed by atoms with Crippen LogP contribution >= 0.6 is 0 Å². The van der Waals surface area contributed by atoms with Gasteiger partial charge in [-0.1, -0.05) is 42.5 Å². The van der Waals surface area contributed by atoms with E-state index < -0.39 is 0 Å². The minimum absolute atomic E-state index is 0.812. The van der Waals surface area contributed by atoms with E-state index in [1.165, 1.54) is 11.1 Å². The molecule has 0 aliphatic rings. The van der Waals surface area contributed by atoms with Crippen molar-refractivity contribution < 1.29 is 0 Å². The van der Waals surface area contributed by atoms with Gasteiger partial charge in [-0.2, -0.15) is 0 Å². The molecule has 0 unspecified atom stereocenters. The number of anilines is 1. The Balaban J connectivity index is 1.96. The summed E-state index contributed by atoms with van der Waals surface area (Å²) in [4.78, 5) is 0. The van der Waals surface area contributed by atoms with Crippen LogP contribution in [0.4, 0.5) is 5.69 Å². The Morgan fingerprint density at radius 1 is 0.867 bits per heavy atom. The Bertz CT molecular complexity index is 403. The molecule has 1 heteroatoms. The third kappa shape index (κ3) is 2.84. The Kier molecular flexibility index (Phi) is 3.03. The van der Waals surface area contributed by atoms with Crippen molar-refractivity contribution >= 4 is 5.69 Å². The molecule has 2 aromatic carbocycles. The van der Waals surface area contributed by atoms with Gasteiger partial charge in [0, 0.05) is 5.69 Å².